The second-order valence-corrected chi connectivity index (χ2v) is 6.62. The molecule has 1 atom stereocenters. The first kappa shape index (κ1) is 19.3. The van der Waals surface area contributed by atoms with Crippen molar-refractivity contribution in [3.63, 3.8) is 0 Å². The summed E-state index contributed by atoms with van der Waals surface area (Å²) in [6, 6.07) is 19.3. The first-order valence-electron chi connectivity index (χ1n) is 9.18. The quantitative estimate of drug-likeness (QED) is 0.346. The number of nitrogens with zero attached hydrogens (tertiary/aromatic N) is 3. The molecule has 0 fully saturated rings. The highest BCUT2D eigenvalue weighted by Gasteiger charge is 2.26. The highest BCUT2D eigenvalue weighted by molar-refractivity contribution is 5.61. The van der Waals surface area contributed by atoms with Gasteiger partial charge < -0.3 is 9.73 Å². The average molecular weight is 404 g/mol. The van der Waals surface area contributed by atoms with E-state index in [0.717, 1.165) is 5.56 Å². The molecule has 7 nitrogen and oxygen atoms in total. The van der Waals surface area contributed by atoms with Crippen LogP contribution in [0.1, 0.15) is 23.1 Å². The monoisotopic (exact) mass is 404 g/mol. The Hall–Kier alpha value is -4.07. The summed E-state index contributed by atoms with van der Waals surface area (Å²) in [4.78, 5) is 10.8. The Kier molecular flexibility index (Phi) is 5.21. The molecule has 0 saturated carbocycles. The van der Waals surface area contributed by atoms with Crippen molar-refractivity contribution in [3.8, 4) is 11.5 Å². The lowest BCUT2D eigenvalue weighted by Crippen LogP contribution is -2.15. The van der Waals surface area contributed by atoms with Crippen molar-refractivity contribution < 1.29 is 13.7 Å². The van der Waals surface area contributed by atoms with Gasteiger partial charge in [0.2, 0.25) is 11.8 Å². The van der Waals surface area contributed by atoms with Gasteiger partial charge in [-0.05, 0) is 31.2 Å². The van der Waals surface area contributed by atoms with Gasteiger partial charge in [0.1, 0.15) is 11.9 Å². The molecule has 1 aromatic heterocycles. The third-order valence-corrected chi connectivity index (χ3v) is 4.73. The van der Waals surface area contributed by atoms with Crippen LogP contribution >= 0.6 is 0 Å². The van der Waals surface area contributed by atoms with E-state index in [4.69, 9.17) is 4.42 Å². The van der Waals surface area contributed by atoms with Gasteiger partial charge in [-0.3, -0.25) is 10.1 Å². The molecule has 4 rings (SSSR count). The lowest BCUT2D eigenvalue weighted by molar-refractivity contribution is -0.385. The van der Waals surface area contributed by atoms with E-state index in [1.165, 1.54) is 12.1 Å². The molecule has 0 saturated heterocycles. The molecule has 8 heteroatoms. The van der Waals surface area contributed by atoms with Crippen LogP contribution in [0.25, 0.3) is 11.5 Å². The maximum absolute atomic E-state index is 14.6. The molecule has 0 unspecified atom stereocenters. The molecule has 4 aromatic rings. The van der Waals surface area contributed by atoms with Gasteiger partial charge >= 0.3 is 0 Å². The number of aromatic nitrogens is 2. The summed E-state index contributed by atoms with van der Waals surface area (Å²) in [6.45, 7) is 1.63. The topological polar surface area (TPSA) is 94.1 Å². The molecule has 0 radical (unpaired) electrons. The number of nitrogens with one attached hydrogen (secondary N) is 1. The fourth-order valence-corrected chi connectivity index (χ4v) is 3.16. The predicted molar refractivity (Wildman–Crippen MR) is 109 cm³/mol. The minimum atomic E-state index is -0.836. The minimum absolute atomic E-state index is 0.0391. The molecule has 1 N–H and O–H groups in total. The lowest BCUT2D eigenvalue weighted by Gasteiger charge is -2.19. The van der Waals surface area contributed by atoms with Crippen molar-refractivity contribution in [2.45, 2.75) is 13.0 Å². The second-order valence-electron chi connectivity index (χ2n) is 6.62. The SMILES string of the molecule is Cc1c(N[C@@H](c2nnc(-c3ccccc3)o2)c2ccccc2F)cccc1[N+](=O)[O-]. The summed E-state index contributed by atoms with van der Waals surface area (Å²) >= 11 is 0. The van der Waals surface area contributed by atoms with Gasteiger partial charge in [-0.15, -0.1) is 10.2 Å². The summed E-state index contributed by atoms with van der Waals surface area (Å²) in [7, 11) is 0. The fraction of sp³-hybridized carbons (Fsp3) is 0.0909. The van der Waals surface area contributed by atoms with Crippen LogP contribution in [0, 0.1) is 22.9 Å². The fourth-order valence-electron chi connectivity index (χ4n) is 3.16. The highest BCUT2D eigenvalue weighted by atomic mass is 19.1. The average Bonchev–Trinajstić information content (AvgIpc) is 3.24. The van der Waals surface area contributed by atoms with E-state index in [1.54, 1.807) is 37.3 Å². The lowest BCUT2D eigenvalue weighted by atomic mass is 10.0. The summed E-state index contributed by atoms with van der Waals surface area (Å²) in [5.41, 5.74) is 1.87. The molecule has 0 aliphatic heterocycles. The van der Waals surface area contributed by atoms with Crippen LogP contribution in [0.15, 0.2) is 77.2 Å². The van der Waals surface area contributed by atoms with Crippen molar-refractivity contribution >= 4 is 11.4 Å². The van der Waals surface area contributed by atoms with Gasteiger partial charge in [-0.25, -0.2) is 4.39 Å². The summed E-state index contributed by atoms with van der Waals surface area (Å²) in [5.74, 6) is -0.0214. The van der Waals surface area contributed by atoms with Crippen LogP contribution in [0.3, 0.4) is 0 Å². The first-order valence-corrected chi connectivity index (χ1v) is 9.18. The van der Waals surface area contributed by atoms with Crippen LogP contribution in [-0.2, 0) is 0 Å². The van der Waals surface area contributed by atoms with Crippen LogP contribution in [0.2, 0.25) is 0 Å². The van der Waals surface area contributed by atoms with Gasteiger partial charge in [0.25, 0.3) is 5.69 Å². The number of nitro groups is 1. The van der Waals surface area contributed by atoms with Crippen LogP contribution < -0.4 is 5.32 Å². The van der Waals surface area contributed by atoms with Gasteiger partial charge in [0.15, 0.2) is 0 Å². The van der Waals surface area contributed by atoms with E-state index in [9.17, 15) is 14.5 Å². The number of hydrogen-bond donors (Lipinski definition) is 1. The van der Waals surface area contributed by atoms with E-state index < -0.39 is 16.8 Å². The number of hydrogen-bond acceptors (Lipinski definition) is 6. The first-order chi connectivity index (χ1) is 14.5. The van der Waals surface area contributed by atoms with Gasteiger partial charge in [0.05, 0.1) is 4.92 Å². The molecule has 0 aliphatic rings. The Morgan fingerprint density at radius 1 is 1.00 bits per heavy atom. The third kappa shape index (κ3) is 3.75. The summed E-state index contributed by atoms with van der Waals surface area (Å²) in [6.07, 6.45) is 0. The number of benzene rings is 3. The van der Waals surface area contributed by atoms with Crippen molar-refractivity contribution in [2.24, 2.45) is 0 Å². The number of nitro benzene ring substituents is 1. The van der Waals surface area contributed by atoms with E-state index in [0.29, 0.717) is 17.1 Å². The zero-order valence-corrected chi connectivity index (χ0v) is 15.9. The minimum Gasteiger partial charge on any atom is -0.418 e. The van der Waals surface area contributed by atoms with E-state index in [-0.39, 0.29) is 17.1 Å². The molecule has 0 bridgehead atoms. The van der Waals surface area contributed by atoms with Gasteiger partial charge in [0, 0.05) is 28.4 Å². The van der Waals surface area contributed by atoms with Crippen LogP contribution in [-0.4, -0.2) is 15.1 Å². The molecule has 30 heavy (non-hydrogen) atoms. The zero-order valence-electron chi connectivity index (χ0n) is 15.9. The Morgan fingerprint density at radius 3 is 2.47 bits per heavy atom. The van der Waals surface area contributed by atoms with Crippen LogP contribution in [0.4, 0.5) is 15.8 Å². The molecule has 150 valence electrons. The van der Waals surface area contributed by atoms with E-state index >= 15 is 0 Å². The van der Waals surface area contributed by atoms with Gasteiger partial charge in [-0.1, -0.05) is 42.5 Å². The number of halogens is 1. The molecule has 1 heterocycles. The maximum atomic E-state index is 14.6. The molecule has 0 aliphatic carbocycles. The normalized spacial score (nSPS) is 11.8. The van der Waals surface area contributed by atoms with Crippen molar-refractivity contribution in [2.75, 3.05) is 5.32 Å². The Balaban J connectivity index is 1.78. The molecule has 0 spiro atoms. The smallest absolute Gasteiger partial charge is 0.274 e. The summed E-state index contributed by atoms with van der Waals surface area (Å²) in [5, 5.41) is 22.6. The van der Waals surface area contributed by atoms with E-state index in [2.05, 4.69) is 15.5 Å². The number of rotatable bonds is 6. The Labute approximate surface area is 171 Å². The zero-order chi connectivity index (χ0) is 21.1. The van der Waals surface area contributed by atoms with Crippen LogP contribution in [0.5, 0.6) is 0 Å². The Morgan fingerprint density at radius 2 is 1.73 bits per heavy atom. The maximum Gasteiger partial charge on any atom is 0.274 e. The number of anilines is 1. The van der Waals surface area contributed by atoms with Gasteiger partial charge in [-0.2, -0.15) is 0 Å². The predicted octanol–water partition coefficient (Wildman–Crippen LogP) is 5.29. The molecular weight excluding hydrogens is 387 g/mol. The molecule has 3 aromatic carbocycles. The second kappa shape index (κ2) is 8.12. The molecular formula is C22H17FN4O3. The van der Waals surface area contributed by atoms with Crippen molar-refractivity contribution in [3.05, 3.63) is 106 Å². The van der Waals surface area contributed by atoms with E-state index in [1.807, 2.05) is 30.3 Å². The standard InChI is InChI=1S/C22H17FN4O3/c1-14-18(12-7-13-19(14)27(28)29)24-20(16-10-5-6-11-17(16)23)22-26-25-21(30-22)15-8-3-2-4-9-15/h2-13,20,24H,1H3/t20-/m1/s1. The largest absolute Gasteiger partial charge is 0.418 e. The summed E-state index contributed by atoms with van der Waals surface area (Å²) < 4.78 is 20.5. The third-order valence-electron chi connectivity index (χ3n) is 4.73. The Bertz CT molecular complexity index is 1190. The van der Waals surface area contributed by atoms with Crippen molar-refractivity contribution in [1.29, 1.82) is 0 Å². The highest BCUT2D eigenvalue weighted by Crippen LogP contribution is 2.33. The van der Waals surface area contributed by atoms with Crippen molar-refractivity contribution in [1.82, 2.24) is 10.2 Å². The molecule has 0 amide bonds.